The van der Waals surface area contributed by atoms with Crippen molar-refractivity contribution in [2.24, 2.45) is 0 Å². The van der Waals surface area contributed by atoms with E-state index in [1.165, 1.54) is 23.5 Å². The van der Waals surface area contributed by atoms with Crippen LogP contribution in [-0.2, 0) is 4.79 Å². The van der Waals surface area contributed by atoms with Gasteiger partial charge in [-0.2, -0.15) is 0 Å². The quantitative estimate of drug-likeness (QED) is 0.850. The van der Waals surface area contributed by atoms with Crippen LogP contribution in [0.1, 0.15) is 22.8 Å². The van der Waals surface area contributed by atoms with Crippen LogP contribution in [0.2, 0.25) is 5.02 Å². The van der Waals surface area contributed by atoms with Gasteiger partial charge in [-0.3, -0.25) is 4.79 Å². The number of anilines is 2. The molecule has 1 aromatic carbocycles. The minimum atomic E-state index is -0.405. The van der Waals surface area contributed by atoms with Crippen molar-refractivity contribution in [1.82, 2.24) is 4.98 Å². The maximum absolute atomic E-state index is 13.1. The molecule has 1 aliphatic rings. The number of nitrogens with one attached hydrogen (secondary N) is 1. The van der Waals surface area contributed by atoms with Crippen LogP contribution < -0.4 is 11.1 Å². The third-order valence-electron chi connectivity index (χ3n) is 2.97. The largest absolute Gasteiger partial charge is 0.375 e. The first-order chi connectivity index (χ1) is 9.04. The van der Waals surface area contributed by atoms with Crippen molar-refractivity contribution in [1.29, 1.82) is 0 Å². The summed E-state index contributed by atoms with van der Waals surface area (Å²) < 4.78 is 13.1. The second-order valence-corrected chi connectivity index (χ2v) is 5.71. The highest BCUT2D eigenvalue weighted by Crippen LogP contribution is 2.43. The van der Waals surface area contributed by atoms with Crippen LogP contribution in [-0.4, -0.2) is 10.9 Å². The van der Waals surface area contributed by atoms with E-state index in [0.29, 0.717) is 21.5 Å². The van der Waals surface area contributed by atoms with Crippen molar-refractivity contribution in [3.63, 3.8) is 0 Å². The van der Waals surface area contributed by atoms with Crippen LogP contribution in [0, 0.1) is 5.82 Å². The van der Waals surface area contributed by atoms with Gasteiger partial charge in [-0.05, 0) is 17.7 Å². The lowest BCUT2D eigenvalue weighted by Gasteiger charge is -2.22. The van der Waals surface area contributed by atoms with Gasteiger partial charge in [-0.15, -0.1) is 0 Å². The third-order valence-corrected chi connectivity index (χ3v) is 4.30. The molecule has 19 heavy (non-hydrogen) atoms. The molecule has 0 saturated carbocycles. The van der Waals surface area contributed by atoms with Gasteiger partial charge in [0.05, 0.1) is 4.88 Å². The Balaban J connectivity index is 2.12. The molecule has 3 rings (SSSR count). The number of fused-ring (bicyclic) bond motifs is 1. The van der Waals surface area contributed by atoms with Crippen LogP contribution in [0.5, 0.6) is 0 Å². The van der Waals surface area contributed by atoms with E-state index in [9.17, 15) is 9.18 Å². The summed E-state index contributed by atoms with van der Waals surface area (Å²) in [6.07, 6.45) is 0.250. The molecule has 98 valence electrons. The fourth-order valence-corrected chi connectivity index (χ4v) is 3.38. The van der Waals surface area contributed by atoms with Crippen LogP contribution in [0.3, 0.4) is 0 Å². The maximum atomic E-state index is 13.1. The van der Waals surface area contributed by atoms with E-state index in [-0.39, 0.29) is 18.2 Å². The molecule has 2 aromatic rings. The zero-order valence-corrected chi connectivity index (χ0v) is 11.2. The topological polar surface area (TPSA) is 68.0 Å². The Kier molecular flexibility index (Phi) is 2.91. The molecule has 0 fully saturated rings. The number of nitrogens with zero attached hydrogens (tertiary/aromatic N) is 1. The second kappa shape index (κ2) is 4.47. The van der Waals surface area contributed by atoms with Crippen LogP contribution in [0.15, 0.2) is 18.2 Å². The molecule has 0 spiro atoms. The molecular weight excluding hydrogens is 289 g/mol. The minimum Gasteiger partial charge on any atom is -0.375 e. The molecule has 3 N–H and O–H groups in total. The second-order valence-electron chi connectivity index (χ2n) is 4.24. The summed E-state index contributed by atoms with van der Waals surface area (Å²) in [7, 11) is 0. The first kappa shape index (κ1) is 12.4. The summed E-state index contributed by atoms with van der Waals surface area (Å²) in [6.45, 7) is 0. The number of hydrogen-bond donors (Lipinski definition) is 2. The predicted octanol–water partition coefficient (Wildman–Crippen LogP) is 2.99. The van der Waals surface area contributed by atoms with E-state index in [1.807, 2.05) is 0 Å². The first-order valence-corrected chi connectivity index (χ1v) is 6.75. The van der Waals surface area contributed by atoms with Gasteiger partial charge in [-0.25, -0.2) is 9.37 Å². The van der Waals surface area contributed by atoms with E-state index in [2.05, 4.69) is 10.3 Å². The van der Waals surface area contributed by atoms with Gasteiger partial charge < -0.3 is 11.1 Å². The van der Waals surface area contributed by atoms with Crippen LogP contribution in [0.25, 0.3) is 0 Å². The SMILES string of the molecule is Nc1nc2c(s1)C(c1ccc(F)cc1Cl)CC(=O)N2. The standard InChI is InChI=1S/C12H9ClFN3OS/c13-8-3-5(14)1-2-6(8)7-4-9(18)16-11-10(7)19-12(15)17-11/h1-3,7H,4H2,(H2,15,17)(H,16,18). The molecule has 1 atom stereocenters. The molecule has 0 bridgehead atoms. The monoisotopic (exact) mass is 297 g/mol. The van der Waals surface area contributed by atoms with Crippen molar-refractivity contribution < 1.29 is 9.18 Å². The zero-order valence-electron chi connectivity index (χ0n) is 9.61. The number of hydrogen-bond acceptors (Lipinski definition) is 4. The Morgan fingerprint density at radius 2 is 2.32 bits per heavy atom. The summed E-state index contributed by atoms with van der Waals surface area (Å²) >= 11 is 7.37. The number of halogens is 2. The molecule has 4 nitrogen and oxygen atoms in total. The number of thiazole rings is 1. The smallest absolute Gasteiger partial charge is 0.226 e. The molecule has 0 radical (unpaired) electrons. The summed E-state index contributed by atoms with van der Waals surface area (Å²) in [5.74, 6) is -0.308. The van der Waals surface area contributed by atoms with Crippen molar-refractivity contribution in [3.05, 3.63) is 39.5 Å². The highest BCUT2D eigenvalue weighted by molar-refractivity contribution is 7.16. The molecule has 0 aliphatic carbocycles. The molecule has 1 amide bonds. The lowest BCUT2D eigenvalue weighted by Crippen LogP contribution is -2.22. The molecular formula is C12H9ClFN3OS. The van der Waals surface area contributed by atoms with Gasteiger partial charge >= 0.3 is 0 Å². The number of aromatic nitrogens is 1. The number of nitrogen functional groups attached to an aromatic ring is 1. The number of benzene rings is 1. The van der Waals surface area contributed by atoms with E-state index in [1.54, 1.807) is 6.07 Å². The van der Waals surface area contributed by atoms with Gasteiger partial charge in [0, 0.05) is 17.4 Å². The van der Waals surface area contributed by atoms with Gasteiger partial charge in [0.2, 0.25) is 5.91 Å². The minimum absolute atomic E-state index is 0.150. The molecule has 1 aromatic heterocycles. The number of carbonyl (C=O) groups excluding carboxylic acids is 1. The summed E-state index contributed by atoms with van der Waals surface area (Å²) in [6, 6.07) is 4.17. The number of carbonyl (C=O) groups is 1. The van der Waals surface area contributed by atoms with Crippen molar-refractivity contribution in [2.75, 3.05) is 11.1 Å². The predicted molar refractivity (Wildman–Crippen MR) is 73.0 cm³/mol. The summed E-state index contributed by atoms with van der Waals surface area (Å²) in [5, 5.41) is 3.36. The molecule has 2 heterocycles. The van der Waals surface area contributed by atoms with E-state index < -0.39 is 5.82 Å². The molecule has 1 aliphatic heterocycles. The number of amides is 1. The average Bonchev–Trinajstić information content (AvgIpc) is 2.68. The van der Waals surface area contributed by atoms with Crippen LogP contribution >= 0.6 is 22.9 Å². The Bertz CT molecular complexity index is 673. The maximum Gasteiger partial charge on any atom is 0.226 e. The fraction of sp³-hybridized carbons (Fsp3) is 0.167. The van der Waals surface area contributed by atoms with Gasteiger partial charge in [0.1, 0.15) is 11.6 Å². The van der Waals surface area contributed by atoms with Gasteiger partial charge in [0.25, 0.3) is 0 Å². The Hall–Kier alpha value is -1.66. The summed E-state index contributed by atoms with van der Waals surface area (Å²) in [4.78, 5) is 16.6. The first-order valence-electron chi connectivity index (χ1n) is 5.55. The number of rotatable bonds is 1. The Labute approximate surface area is 117 Å². The lowest BCUT2D eigenvalue weighted by atomic mass is 9.91. The van der Waals surface area contributed by atoms with E-state index >= 15 is 0 Å². The molecule has 0 saturated heterocycles. The van der Waals surface area contributed by atoms with E-state index in [0.717, 1.165) is 4.88 Å². The van der Waals surface area contributed by atoms with E-state index in [4.69, 9.17) is 17.3 Å². The third kappa shape index (κ3) is 2.17. The highest BCUT2D eigenvalue weighted by Gasteiger charge is 2.31. The number of nitrogens with two attached hydrogens (primary N) is 1. The molecule has 7 heteroatoms. The van der Waals surface area contributed by atoms with Crippen molar-refractivity contribution in [2.45, 2.75) is 12.3 Å². The van der Waals surface area contributed by atoms with Gasteiger partial charge in [0.15, 0.2) is 5.13 Å². The van der Waals surface area contributed by atoms with Gasteiger partial charge in [-0.1, -0.05) is 29.0 Å². The molecule has 1 unspecified atom stereocenters. The highest BCUT2D eigenvalue weighted by atomic mass is 35.5. The van der Waals surface area contributed by atoms with Crippen molar-refractivity contribution >= 4 is 39.8 Å². The average molecular weight is 298 g/mol. The normalized spacial score (nSPS) is 18.0. The van der Waals surface area contributed by atoms with Crippen molar-refractivity contribution in [3.8, 4) is 0 Å². The Morgan fingerprint density at radius 3 is 3.05 bits per heavy atom. The van der Waals surface area contributed by atoms with Crippen LogP contribution in [0.4, 0.5) is 15.3 Å². The Morgan fingerprint density at radius 1 is 1.53 bits per heavy atom. The summed E-state index contributed by atoms with van der Waals surface area (Å²) in [5.41, 5.74) is 6.38. The lowest BCUT2D eigenvalue weighted by molar-refractivity contribution is -0.116. The zero-order chi connectivity index (χ0) is 13.6. The fourth-order valence-electron chi connectivity index (χ4n) is 2.17.